The van der Waals surface area contributed by atoms with Crippen LogP contribution < -0.4 is 5.32 Å². The molecular weight excluding hydrogens is 261 g/mol. The van der Waals surface area contributed by atoms with E-state index < -0.39 is 0 Å². The minimum atomic E-state index is -0.145. The van der Waals surface area contributed by atoms with Gasteiger partial charge in [0.25, 0.3) is 0 Å². The Kier molecular flexibility index (Phi) is 4.79. The second-order valence-corrected chi connectivity index (χ2v) is 6.09. The van der Waals surface area contributed by atoms with Crippen LogP contribution in [0.5, 0.6) is 0 Å². The third-order valence-corrected chi connectivity index (χ3v) is 3.90. The van der Waals surface area contributed by atoms with E-state index in [0.717, 1.165) is 11.1 Å². The highest BCUT2D eigenvalue weighted by Gasteiger charge is 2.09. The van der Waals surface area contributed by atoms with Crippen LogP contribution >= 0.6 is 0 Å². The highest BCUT2D eigenvalue weighted by atomic mass is 19.1. The third kappa shape index (κ3) is 3.70. The predicted molar refractivity (Wildman–Crippen MR) is 88.0 cm³/mol. The zero-order valence-electron chi connectivity index (χ0n) is 13.5. The van der Waals surface area contributed by atoms with Crippen LogP contribution in [0.2, 0.25) is 0 Å². The molecule has 2 aromatic carbocycles. The largest absolute Gasteiger partial charge is 0.310 e. The minimum absolute atomic E-state index is 0.145. The average molecular weight is 285 g/mol. The van der Waals surface area contributed by atoms with Gasteiger partial charge in [-0.1, -0.05) is 32.0 Å². The molecular formula is C19H24FN. The normalized spacial score (nSPS) is 11.2. The molecule has 0 bridgehead atoms. The van der Waals surface area contributed by atoms with Gasteiger partial charge in [-0.15, -0.1) is 0 Å². The summed E-state index contributed by atoms with van der Waals surface area (Å²) in [6, 6.07) is 10.1. The highest BCUT2D eigenvalue weighted by Crippen LogP contribution is 2.28. The van der Waals surface area contributed by atoms with E-state index in [1.165, 1.54) is 22.3 Å². The van der Waals surface area contributed by atoms with Crippen LogP contribution in [0.25, 0.3) is 11.1 Å². The Hall–Kier alpha value is -1.67. The van der Waals surface area contributed by atoms with Gasteiger partial charge in [-0.3, -0.25) is 0 Å². The van der Waals surface area contributed by atoms with E-state index in [9.17, 15) is 4.39 Å². The van der Waals surface area contributed by atoms with Crippen LogP contribution in [0.4, 0.5) is 4.39 Å². The molecule has 1 N–H and O–H groups in total. The van der Waals surface area contributed by atoms with Crippen LogP contribution in [0.15, 0.2) is 30.3 Å². The first-order valence-electron chi connectivity index (χ1n) is 7.48. The number of halogens is 1. The molecule has 0 spiro atoms. The summed E-state index contributed by atoms with van der Waals surface area (Å²) in [5.41, 5.74) is 6.77. The first kappa shape index (κ1) is 15.7. The topological polar surface area (TPSA) is 12.0 Å². The first-order chi connectivity index (χ1) is 9.88. The zero-order valence-corrected chi connectivity index (χ0v) is 13.5. The standard InChI is InChI=1S/C19H24FN/c1-12(2)21-11-17-10-16(6-7-19(17)20)18-9-14(4)13(3)8-15(18)5/h6-10,12,21H,11H2,1-5H3. The van der Waals surface area contributed by atoms with E-state index in [4.69, 9.17) is 0 Å². The lowest BCUT2D eigenvalue weighted by Crippen LogP contribution is -2.22. The predicted octanol–water partition coefficient (Wildman–Crippen LogP) is 4.92. The smallest absolute Gasteiger partial charge is 0.127 e. The molecule has 0 saturated carbocycles. The van der Waals surface area contributed by atoms with Gasteiger partial charge in [-0.25, -0.2) is 4.39 Å². The van der Waals surface area contributed by atoms with Crippen LogP contribution in [0.3, 0.4) is 0 Å². The number of aryl methyl sites for hydroxylation is 3. The maximum Gasteiger partial charge on any atom is 0.127 e. The molecule has 0 amide bonds. The number of hydrogen-bond acceptors (Lipinski definition) is 1. The van der Waals surface area contributed by atoms with Crippen molar-refractivity contribution in [3.63, 3.8) is 0 Å². The van der Waals surface area contributed by atoms with Gasteiger partial charge in [-0.05, 0) is 60.7 Å². The van der Waals surface area contributed by atoms with Gasteiger partial charge in [0, 0.05) is 18.2 Å². The molecule has 0 radical (unpaired) electrons. The van der Waals surface area contributed by atoms with Crippen LogP contribution in [0, 0.1) is 26.6 Å². The summed E-state index contributed by atoms with van der Waals surface area (Å²) in [6.45, 7) is 11.0. The van der Waals surface area contributed by atoms with Gasteiger partial charge in [0.05, 0.1) is 0 Å². The van der Waals surface area contributed by atoms with Gasteiger partial charge in [-0.2, -0.15) is 0 Å². The van der Waals surface area contributed by atoms with E-state index >= 15 is 0 Å². The second-order valence-electron chi connectivity index (χ2n) is 6.09. The maximum atomic E-state index is 13.9. The number of benzene rings is 2. The second kappa shape index (κ2) is 6.40. The Labute approximate surface area is 127 Å². The van der Waals surface area contributed by atoms with Crippen LogP contribution in [-0.2, 0) is 6.54 Å². The molecule has 0 aliphatic rings. The Morgan fingerprint density at radius 3 is 2.29 bits per heavy atom. The van der Waals surface area contributed by atoms with Crippen molar-refractivity contribution in [1.82, 2.24) is 5.32 Å². The van der Waals surface area contributed by atoms with Crippen molar-refractivity contribution in [2.24, 2.45) is 0 Å². The summed E-state index contributed by atoms with van der Waals surface area (Å²) in [4.78, 5) is 0. The molecule has 0 atom stereocenters. The molecule has 0 heterocycles. The summed E-state index contributed by atoms with van der Waals surface area (Å²) in [5.74, 6) is -0.145. The lowest BCUT2D eigenvalue weighted by Gasteiger charge is -2.13. The number of rotatable bonds is 4. The fourth-order valence-corrected chi connectivity index (χ4v) is 2.46. The molecule has 2 heteroatoms. The van der Waals surface area contributed by atoms with Gasteiger partial charge in [0.2, 0.25) is 0 Å². The Morgan fingerprint density at radius 1 is 0.952 bits per heavy atom. The van der Waals surface area contributed by atoms with Crippen molar-refractivity contribution in [1.29, 1.82) is 0 Å². The molecule has 0 aliphatic carbocycles. The molecule has 0 aliphatic heterocycles. The molecule has 0 fully saturated rings. The van der Waals surface area contributed by atoms with Gasteiger partial charge >= 0.3 is 0 Å². The summed E-state index contributed by atoms with van der Waals surface area (Å²) in [5, 5.41) is 3.28. The van der Waals surface area contributed by atoms with Crippen molar-refractivity contribution in [2.75, 3.05) is 0 Å². The van der Waals surface area contributed by atoms with Gasteiger partial charge in [0.15, 0.2) is 0 Å². The molecule has 2 rings (SSSR count). The Bertz CT molecular complexity index is 644. The molecule has 2 aromatic rings. The fourth-order valence-electron chi connectivity index (χ4n) is 2.46. The van der Waals surface area contributed by atoms with E-state index in [1.54, 1.807) is 6.07 Å². The summed E-state index contributed by atoms with van der Waals surface area (Å²) in [7, 11) is 0. The van der Waals surface area contributed by atoms with Crippen molar-refractivity contribution in [3.05, 3.63) is 58.4 Å². The first-order valence-corrected chi connectivity index (χ1v) is 7.48. The van der Waals surface area contributed by atoms with Crippen molar-refractivity contribution in [2.45, 2.75) is 47.2 Å². The summed E-state index contributed by atoms with van der Waals surface area (Å²) < 4.78 is 13.9. The Balaban J connectivity index is 2.41. The molecule has 0 unspecified atom stereocenters. The van der Waals surface area contributed by atoms with E-state index in [0.29, 0.717) is 12.6 Å². The average Bonchev–Trinajstić information content (AvgIpc) is 2.42. The van der Waals surface area contributed by atoms with Crippen molar-refractivity contribution in [3.8, 4) is 11.1 Å². The van der Waals surface area contributed by atoms with Gasteiger partial charge in [0.1, 0.15) is 5.82 Å². The van der Waals surface area contributed by atoms with E-state index in [2.05, 4.69) is 52.1 Å². The number of nitrogens with one attached hydrogen (secondary N) is 1. The maximum absolute atomic E-state index is 13.9. The highest BCUT2D eigenvalue weighted by molar-refractivity contribution is 5.69. The van der Waals surface area contributed by atoms with Crippen LogP contribution in [-0.4, -0.2) is 6.04 Å². The quantitative estimate of drug-likeness (QED) is 0.841. The molecule has 0 saturated heterocycles. The SMILES string of the molecule is Cc1cc(C)c(-c2ccc(F)c(CNC(C)C)c2)cc1C. The van der Waals surface area contributed by atoms with Crippen molar-refractivity contribution < 1.29 is 4.39 Å². The molecule has 112 valence electrons. The monoisotopic (exact) mass is 285 g/mol. The van der Waals surface area contributed by atoms with E-state index in [-0.39, 0.29) is 5.82 Å². The molecule has 0 aromatic heterocycles. The fraction of sp³-hybridized carbons (Fsp3) is 0.368. The molecule has 21 heavy (non-hydrogen) atoms. The minimum Gasteiger partial charge on any atom is -0.310 e. The van der Waals surface area contributed by atoms with Crippen molar-refractivity contribution >= 4 is 0 Å². The zero-order chi connectivity index (χ0) is 15.6. The van der Waals surface area contributed by atoms with E-state index in [1.807, 2.05) is 12.1 Å². The summed E-state index contributed by atoms with van der Waals surface area (Å²) in [6.07, 6.45) is 0. The third-order valence-electron chi connectivity index (χ3n) is 3.90. The summed E-state index contributed by atoms with van der Waals surface area (Å²) >= 11 is 0. The van der Waals surface area contributed by atoms with Gasteiger partial charge < -0.3 is 5.32 Å². The number of hydrogen-bond donors (Lipinski definition) is 1. The lowest BCUT2D eigenvalue weighted by molar-refractivity contribution is 0.553. The Morgan fingerprint density at radius 2 is 1.62 bits per heavy atom. The molecule has 1 nitrogen and oxygen atoms in total. The van der Waals surface area contributed by atoms with Crippen LogP contribution in [0.1, 0.15) is 36.1 Å². The lowest BCUT2D eigenvalue weighted by atomic mass is 9.94.